The molecule has 0 amide bonds. The monoisotopic (exact) mass is 295 g/mol. The summed E-state index contributed by atoms with van der Waals surface area (Å²) < 4.78 is 0.738. The maximum absolute atomic E-state index is 11.0. The highest BCUT2D eigenvalue weighted by Crippen LogP contribution is 2.27. The Bertz CT molecular complexity index is 338. The first-order chi connectivity index (χ1) is 5.54. The van der Waals surface area contributed by atoms with Crippen molar-refractivity contribution in [2.75, 3.05) is 5.73 Å². The van der Waals surface area contributed by atoms with Crippen molar-refractivity contribution < 1.29 is 4.79 Å². The minimum Gasteiger partial charge on any atom is -0.398 e. The van der Waals surface area contributed by atoms with E-state index in [1.165, 1.54) is 6.92 Å². The van der Waals surface area contributed by atoms with E-state index in [-0.39, 0.29) is 5.78 Å². The Morgan fingerprint density at radius 2 is 2.17 bits per heavy atom. The van der Waals surface area contributed by atoms with E-state index in [0.717, 1.165) is 3.57 Å². The Morgan fingerprint density at radius 3 is 2.67 bits per heavy atom. The van der Waals surface area contributed by atoms with Crippen molar-refractivity contribution in [2.24, 2.45) is 0 Å². The third-order valence-corrected chi connectivity index (χ3v) is 3.37. The topological polar surface area (TPSA) is 43.1 Å². The van der Waals surface area contributed by atoms with Crippen molar-refractivity contribution in [3.8, 4) is 0 Å². The van der Waals surface area contributed by atoms with Crippen LogP contribution < -0.4 is 5.73 Å². The van der Waals surface area contributed by atoms with Gasteiger partial charge in [-0.1, -0.05) is 11.6 Å². The lowest BCUT2D eigenvalue weighted by Crippen LogP contribution is -1.98. The zero-order valence-electron chi connectivity index (χ0n) is 6.40. The maximum atomic E-state index is 11.0. The largest absolute Gasteiger partial charge is 0.398 e. The molecule has 0 bridgehead atoms. The minimum atomic E-state index is -0.0436. The van der Waals surface area contributed by atoms with Gasteiger partial charge in [0.2, 0.25) is 0 Å². The molecule has 0 radical (unpaired) electrons. The summed E-state index contributed by atoms with van der Waals surface area (Å²) in [6.45, 7) is 1.48. The van der Waals surface area contributed by atoms with Crippen LogP contribution in [0.2, 0.25) is 5.02 Å². The first kappa shape index (κ1) is 9.80. The number of hydrogen-bond donors (Lipinski definition) is 1. The summed E-state index contributed by atoms with van der Waals surface area (Å²) >= 11 is 7.90. The highest BCUT2D eigenvalue weighted by Gasteiger charge is 2.10. The fraction of sp³-hybridized carbons (Fsp3) is 0.125. The molecule has 1 aromatic rings. The Morgan fingerprint density at radius 1 is 1.58 bits per heavy atom. The Kier molecular flexibility index (Phi) is 2.95. The number of nitrogens with two attached hydrogens (primary N) is 1. The van der Waals surface area contributed by atoms with Crippen molar-refractivity contribution in [1.29, 1.82) is 0 Å². The molecule has 0 saturated heterocycles. The van der Waals surface area contributed by atoms with Crippen LogP contribution in [-0.2, 0) is 0 Å². The third-order valence-electron chi connectivity index (χ3n) is 1.49. The minimum absolute atomic E-state index is 0.0436. The smallest absolute Gasteiger partial charge is 0.161 e. The van der Waals surface area contributed by atoms with Gasteiger partial charge in [0.15, 0.2) is 5.78 Å². The molecule has 64 valence electrons. The zero-order chi connectivity index (χ0) is 9.30. The fourth-order valence-electron chi connectivity index (χ4n) is 0.836. The molecule has 0 saturated carbocycles. The van der Waals surface area contributed by atoms with Gasteiger partial charge in [-0.25, -0.2) is 0 Å². The van der Waals surface area contributed by atoms with Crippen LogP contribution in [0.25, 0.3) is 0 Å². The van der Waals surface area contributed by atoms with Gasteiger partial charge in [-0.15, -0.1) is 0 Å². The second-order valence-electron chi connectivity index (χ2n) is 2.39. The number of rotatable bonds is 1. The molecule has 2 N–H and O–H groups in total. The number of anilines is 1. The number of carbonyl (C=O) groups is 1. The summed E-state index contributed by atoms with van der Waals surface area (Å²) in [6.07, 6.45) is 0. The predicted molar refractivity (Wildman–Crippen MR) is 58.6 cm³/mol. The van der Waals surface area contributed by atoms with Crippen LogP contribution in [0.5, 0.6) is 0 Å². The Hall–Kier alpha value is -0.290. The number of hydrogen-bond acceptors (Lipinski definition) is 2. The van der Waals surface area contributed by atoms with Gasteiger partial charge >= 0.3 is 0 Å². The number of carbonyl (C=O) groups excluding carboxylic acids is 1. The molecule has 12 heavy (non-hydrogen) atoms. The van der Waals surface area contributed by atoms with Gasteiger partial charge in [0, 0.05) is 11.3 Å². The van der Waals surface area contributed by atoms with Gasteiger partial charge in [-0.05, 0) is 41.6 Å². The van der Waals surface area contributed by atoms with Gasteiger partial charge in [-0.3, -0.25) is 4.79 Å². The van der Waals surface area contributed by atoms with Crippen molar-refractivity contribution >= 4 is 45.7 Å². The van der Waals surface area contributed by atoms with E-state index in [1.807, 2.05) is 22.6 Å². The number of Topliss-reactive ketones (excluding diaryl/α,β-unsaturated/α-hetero) is 1. The molecule has 0 heterocycles. The Labute approximate surface area is 89.2 Å². The molecule has 1 rings (SSSR count). The second kappa shape index (κ2) is 3.62. The Balaban J connectivity index is 3.36. The molecule has 0 atom stereocenters. The van der Waals surface area contributed by atoms with E-state index >= 15 is 0 Å². The molecule has 0 aliphatic heterocycles. The summed E-state index contributed by atoms with van der Waals surface area (Å²) in [5.41, 5.74) is 6.71. The average molecular weight is 296 g/mol. The molecule has 0 aromatic heterocycles. The lowest BCUT2D eigenvalue weighted by Gasteiger charge is -2.04. The van der Waals surface area contributed by atoms with Crippen LogP contribution in [0.1, 0.15) is 17.3 Å². The van der Waals surface area contributed by atoms with Crippen LogP contribution in [0.4, 0.5) is 5.69 Å². The number of nitrogen functional groups attached to an aromatic ring is 1. The second-order valence-corrected chi connectivity index (χ2v) is 3.84. The highest BCUT2D eigenvalue weighted by atomic mass is 127. The number of halogens is 2. The molecule has 2 nitrogen and oxygen atoms in total. The van der Waals surface area contributed by atoms with Gasteiger partial charge in [0.1, 0.15) is 0 Å². The van der Waals surface area contributed by atoms with Crippen molar-refractivity contribution in [3.05, 3.63) is 26.3 Å². The third kappa shape index (κ3) is 1.72. The molecular weight excluding hydrogens is 288 g/mol. The normalized spacial score (nSPS) is 9.92. The lowest BCUT2D eigenvalue weighted by atomic mass is 10.1. The SMILES string of the molecule is CC(=O)c1ccc(N)c(I)c1Cl. The number of benzene rings is 1. The highest BCUT2D eigenvalue weighted by molar-refractivity contribution is 14.1. The van der Waals surface area contributed by atoms with Crippen molar-refractivity contribution in [1.82, 2.24) is 0 Å². The molecule has 1 aromatic carbocycles. The predicted octanol–water partition coefficient (Wildman–Crippen LogP) is 2.73. The van der Waals surface area contributed by atoms with E-state index < -0.39 is 0 Å². The van der Waals surface area contributed by atoms with Crippen LogP contribution in [-0.4, -0.2) is 5.78 Å². The van der Waals surface area contributed by atoms with Gasteiger partial charge in [-0.2, -0.15) is 0 Å². The lowest BCUT2D eigenvalue weighted by molar-refractivity contribution is 0.101. The fourth-order valence-corrected chi connectivity index (χ4v) is 1.61. The zero-order valence-corrected chi connectivity index (χ0v) is 9.31. The summed E-state index contributed by atoms with van der Waals surface area (Å²) in [5, 5.41) is 0.447. The van der Waals surface area contributed by atoms with Crippen LogP contribution in [0, 0.1) is 3.57 Å². The van der Waals surface area contributed by atoms with Gasteiger partial charge in [0.05, 0.1) is 8.59 Å². The summed E-state index contributed by atoms with van der Waals surface area (Å²) in [5.74, 6) is -0.0436. The van der Waals surface area contributed by atoms with Crippen LogP contribution in [0.3, 0.4) is 0 Å². The van der Waals surface area contributed by atoms with E-state index in [0.29, 0.717) is 16.3 Å². The molecule has 0 aliphatic carbocycles. The van der Waals surface area contributed by atoms with Gasteiger partial charge < -0.3 is 5.73 Å². The van der Waals surface area contributed by atoms with Gasteiger partial charge in [0.25, 0.3) is 0 Å². The average Bonchev–Trinajstić information content (AvgIpc) is 2.00. The van der Waals surface area contributed by atoms with E-state index in [4.69, 9.17) is 17.3 Å². The van der Waals surface area contributed by atoms with E-state index in [2.05, 4.69) is 0 Å². The molecule has 0 fully saturated rings. The number of ketones is 1. The summed E-state index contributed by atoms with van der Waals surface area (Å²) in [6, 6.07) is 3.33. The quantitative estimate of drug-likeness (QED) is 0.492. The molecule has 0 aliphatic rings. The van der Waals surface area contributed by atoms with E-state index in [9.17, 15) is 4.79 Å². The van der Waals surface area contributed by atoms with Crippen molar-refractivity contribution in [2.45, 2.75) is 6.92 Å². The first-order valence-electron chi connectivity index (χ1n) is 3.28. The molecule has 4 heteroatoms. The molecule has 0 spiro atoms. The summed E-state index contributed by atoms with van der Waals surface area (Å²) in [7, 11) is 0. The maximum Gasteiger partial charge on any atom is 0.161 e. The molecular formula is C8H7ClINO. The van der Waals surface area contributed by atoms with E-state index in [1.54, 1.807) is 12.1 Å². The summed E-state index contributed by atoms with van der Waals surface area (Å²) in [4.78, 5) is 11.0. The van der Waals surface area contributed by atoms with Crippen molar-refractivity contribution in [3.63, 3.8) is 0 Å². The standard InChI is InChI=1S/C8H7ClINO/c1-4(12)5-2-3-6(11)8(10)7(5)9/h2-3H,11H2,1H3. The first-order valence-corrected chi connectivity index (χ1v) is 4.74. The molecule has 0 unspecified atom stereocenters. The van der Waals surface area contributed by atoms with Crippen LogP contribution in [0.15, 0.2) is 12.1 Å². The van der Waals surface area contributed by atoms with Crippen LogP contribution >= 0.6 is 34.2 Å².